The molecule has 1 aliphatic heterocycles. The van der Waals surface area contributed by atoms with E-state index in [9.17, 15) is 0 Å². The molecule has 0 aliphatic carbocycles. The van der Waals surface area contributed by atoms with E-state index in [4.69, 9.17) is 0 Å². The number of nitrogens with one attached hydrogen (secondary N) is 1. The molecule has 2 aromatic rings. The Bertz CT molecular complexity index is 626. The topological polar surface area (TPSA) is 44.3 Å². The Hall–Kier alpha value is -2.14. The van der Waals surface area contributed by atoms with Gasteiger partial charge in [0.15, 0.2) is 0 Å². The highest BCUT2D eigenvalue weighted by atomic mass is 15.2. The van der Waals surface area contributed by atoms with Gasteiger partial charge in [0.25, 0.3) is 0 Å². The van der Waals surface area contributed by atoms with Crippen LogP contribution in [0.1, 0.15) is 12.0 Å². The molecule has 0 fully saturated rings. The molecule has 0 unspecified atom stereocenters. The third-order valence-electron chi connectivity index (χ3n) is 3.90. The van der Waals surface area contributed by atoms with E-state index >= 15 is 0 Å². The summed E-state index contributed by atoms with van der Waals surface area (Å²) in [6.07, 6.45) is 3.95. The molecule has 5 nitrogen and oxygen atoms in total. The van der Waals surface area contributed by atoms with Crippen molar-refractivity contribution in [2.75, 3.05) is 43.9 Å². The fourth-order valence-corrected chi connectivity index (χ4v) is 2.77. The van der Waals surface area contributed by atoms with E-state index in [1.807, 2.05) is 6.07 Å². The molecule has 5 heteroatoms. The van der Waals surface area contributed by atoms with Crippen LogP contribution >= 0.6 is 0 Å². The molecule has 2 heterocycles. The predicted molar refractivity (Wildman–Crippen MR) is 90.8 cm³/mol. The summed E-state index contributed by atoms with van der Waals surface area (Å²) in [6, 6.07) is 10.6. The predicted octanol–water partition coefficient (Wildman–Crippen LogP) is 2.53. The highest BCUT2D eigenvalue weighted by Crippen LogP contribution is 2.32. The molecule has 22 heavy (non-hydrogen) atoms. The number of rotatable bonds is 5. The van der Waals surface area contributed by atoms with Crippen LogP contribution in [0.15, 0.2) is 36.7 Å². The number of hydrogen-bond donors (Lipinski definition) is 1. The summed E-state index contributed by atoms with van der Waals surface area (Å²) in [6.45, 7) is 2.86. The van der Waals surface area contributed by atoms with Crippen LogP contribution in [0.3, 0.4) is 0 Å². The smallest absolute Gasteiger partial charge is 0.138 e. The van der Waals surface area contributed by atoms with Crippen molar-refractivity contribution < 1.29 is 0 Å². The first-order chi connectivity index (χ1) is 10.7. The number of likely N-dealkylation sites (N-methyl/N-ethyl adjacent to an activating group) is 1. The number of aromatic nitrogens is 2. The molecule has 3 rings (SSSR count). The van der Waals surface area contributed by atoms with E-state index in [-0.39, 0.29) is 0 Å². The number of benzene rings is 1. The number of para-hydroxylation sites is 1. The second kappa shape index (κ2) is 6.75. The van der Waals surface area contributed by atoms with Gasteiger partial charge in [-0.2, -0.15) is 0 Å². The second-order valence-corrected chi connectivity index (χ2v) is 5.88. The highest BCUT2D eigenvalue weighted by molar-refractivity contribution is 5.66. The lowest BCUT2D eigenvalue weighted by atomic mass is 10.0. The Balaban J connectivity index is 1.78. The van der Waals surface area contributed by atoms with Crippen molar-refractivity contribution in [3.8, 4) is 0 Å². The van der Waals surface area contributed by atoms with E-state index in [0.717, 1.165) is 44.1 Å². The fourth-order valence-electron chi connectivity index (χ4n) is 2.77. The Morgan fingerprint density at radius 3 is 2.95 bits per heavy atom. The molecular formula is C17H23N5. The van der Waals surface area contributed by atoms with E-state index < -0.39 is 0 Å². The monoisotopic (exact) mass is 297 g/mol. The van der Waals surface area contributed by atoms with Crippen molar-refractivity contribution in [2.24, 2.45) is 0 Å². The summed E-state index contributed by atoms with van der Waals surface area (Å²) in [7, 11) is 4.13. The molecule has 0 radical (unpaired) electrons. The van der Waals surface area contributed by atoms with Crippen molar-refractivity contribution >= 4 is 17.3 Å². The molecule has 1 aliphatic rings. The Kier molecular flexibility index (Phi) is 4.53. The molecule has 0 atom stereocenters. The van der Waals surface area contributed by atoms with Crippen molar-refractivity contribution in [3.63, 3.8) is 0 Å². The van der Waals surface area contributed by atoms with Crippen molar-refractivity contribution in [2.45, 2.75) is 12.8 Å². The maximum absolute atomic E-state index is 4.47. The SMILES string of the molecule is CN(C)CCNc1cc(N2CCCc3ccccc32)ncn1. The first-order valence-electron chi connectivity index (χ1n) is 7.80. The van der Waals surface area contributed by atoms with E-state index in [2.05, 4.69) is 63.4 Å². The molecule has 0 spiro atoms. The van der Waals surface area contributed by atoms with Crippen molar-refractivity contribution in [3.05, 3.63) is 42.2 Å². The molecule has 0 saturated heterocycles. The lowest BCUT2D eigenvalue weighted by Gasteiger charge is -2.30. The number of fused-ring (bicyclic) bond motifs is 1. The molecule has 0 saturated carbocycles. The number of nitrogens with zero attached hydrogens (tertiary/aromatic N) is 4. The van der Waals surface area contributed by atoms with Crippen LogP contribution in [-0.4, -0.2) is 48.6 Å². The van der Waals surface area contributed by atoms with Gasteiger partial charge in [0.2, 0.25) is 0 Å². The van der Waals surface area contributed by atoms with Crippen LogP contribution in [0.4, 0.5) is 17.3 Å². The van der Waals surface area contributed by atoms with Gasteiger partial charge in [0.05, 0.1) is 0 Å². The van der Waals surface area contributed by atoms with Gasteiger partial charge < -0.3 is 15.1 Å². The lowest BCUT2D eigenvalue weighted by Crippen LogP contribution is -2.25. The van der Waals surface area contributed by atoms with Crippen molar-refractivity contribution in [1.29, 1.82) is 0 Å². The number of hydrogen-bond acceptors (Lipinski definition) is 5. The van der Waals surface area contributed by atoms with Crippen LogP contribution in [0, 0.1) is 0 Å². The number of aryl methyl sites for hydroxylation is 1. The zero-order valence-electron chi connectivity index (χ0n) is 13.3. The molecule has 0 amide bonds. The minimum absolute atomic E-state index is 0.875. The summed E-state index contributed by atoms with van der Waals surface area (Å²) in [5.74, 6) is 1.85. The van der Waals surface area contributed by atoms with Gasteiger partial charge >= 0.3 is 0 Å². The van der Waals surface area contributed by atoms with Crippen molar-refractivity contribution in [1.82, 2.24) is 14.9 Å². The third-order valence-corrected chi connectivity index (χ3v) is 3.90. The average molecular weight is 297 g/mol. The van der Waals surface area contributed by atoms with Crippen LogP contribution in [0.2, 0.25) is 0 Å². The Morgan fingerprint density at radius 2 is 2.09 bits per heavy atom. The maximum Gasteiger partial charge on any atom is 0.138 e. The normalized spacial score (nSPS) is 14.0. The molecule has 0 bridgehead atoms. The molecule has 116 valence electrons. The second-order valence-electron chi connectivity index (χ2n) is 5.88. The van der Waals surface area contributed by atoms with Gasteiger partial charge in [-0.1, -0.05) is 18.2 Å². The van der Waals surface area contributed by atoms with Gasteiger partial charge in [-0.15, -0.1) is 0 Å². The Morgan fingerprint density at radius 1 is 1.23 bits per heavy atom. The average Bonchev–Trinajstić information content (AvgIpc) is 2.54. The molecule has 1 aromatic carbocycles. The lowest BCUT2D eigenvalue weighted by molar-refractivity contribution is 0.425. The van der Waals surface area contributed by atoms with Gasteiger partial charge in [-0.05, 0) is 38.6 Å². The largest absolute Gasteiger partial charge is 0.369 e. The summed E-state index contributed by atoms with van der Waals surface area (Å²) >= 11 is 0. The van der Waals surface area contributed by atoms with Crippen LogP contribution in [0.25, 0.3) is 0 Å². The van der Waals surface area contributed by atoms with E-state index in [1.165, 1.54) is 11.3 Å². The number of anilines is 3. The van der Waals surface area contributed by atoms with Gasteiger partial charge in [-0.3, -0.25) is 0 Å². The first kappa shape index (κ1) is 14.8. The highest BCUT2D eigenvalue weighted by Gasteiger charge is 2.18. The molecular weight excluding hydrogens is 274 g/mol. The van der Waals surface area contributed by atoms with Crippen LogP contribution in [-0.2, 0) is 6.42 Å². The van der Waals surface area contributed by atoms with Crippen LogP contribution in [0.5, 0.6) is 0 Å². The minimum atomic E-state index is 0.875. The fraction of sp³-hybridized carbons (Fsp3) is 0.412. The third kappa shape index (κ3) is 3.36. The zero-order valence-corrected chi connectivity index (χ0v) is 13.3. The molecule has 1 aromatic heterocycles. The molecule has 1 N–H and O–H groups in total. The maximum atomic E-state index is 4.47. The zero-order chi connectivity index (χ0) is 15.4. The first-order valence-corrected chi connectivity index (χ1v) is 7.80. The Labute approximate surface area is 132 Å². The van der Waals surface area contributed by atoms with Crippen LogP contribution < -0.4 is 10.2 Å². The van der Waals surface area contributed by atoms with Gasteiger partial charge in [-0.25, -0.2) is 9.97 Å². The summed E-state index contributed by atoms with van der Waals surface area (Å²) < 4.78 is 0. The summed E-state index contributed by atoms with van der Waals surface area (Å²) in [5.41, 5.74) is 2.67. The van der Waals surface area contributed by atoms with Gasteiger partial charge in [0.1, 0.15) is 18.0 Å². The van der Waals surface area contributed by atoms with Gasteiger partial charge in [0, 0.05) is 31.4 Å². The van der Waals surface area contributed by atoms with E-state index in [0.29, 0.717) is 0 Å². The quantitative estimate of drug-likeness (QED) is 0.919. The summed E-state index contributed by atoms with van der Waals surface area (Å²) in [4.78, 5) is 13.2. The standard InChI is InChI=1S/C17H23N5/c1-21(2)11-9-18-16-12-17(20-13-19-16)22-10-5-7-14-6-3-4-8-15(14)22/h3-4,6,8,12-13H,5,7,9-11H2,1-2H3,(H,18,19,20). The minimum Gasteiger partial charge on any atom is -0.369 e. The van der Waals surface area contributed by atoms with E-state index in [1.54, 1.807) is 6.33 Å². The summed E-state index contributed by atoms with van der Waals surface area (Å²) in [5, 5.41) is 3.36.